The van der Waals surface area contributed by atoms with Crippen LogP contribution < -0.4 is 14.8 Å². The molecule has 0 unspecified atom stereocenters. The summed E-state index contributed by atoms with van der Waals surface area (Å²) in [5, 5.41) is 13.9. The van der Waals surface area contributed by atoms with Crippen LogP contribution in [-0.2, 0) is 23.8 Å². The summed E-state index contributed by atoms with van der Waals surface area (Å²) in [6.07, 6.45) is -4.38. The van der Waals surface area contributed by atoms with E-state index in [1.165, 1.54) is 38.5 Å². The molecule has 156 valence electrons. The van der Waals surface area contributed by atoms with E-state index in [-0.39, 0.29) is 30.8 Å². The zero-order chi connectivity index (χ0) is 21.6. The third-order valence-corrected chi connectivity index (χ3v) is 4.14. The SMILES string of the molecule is COc1cc(CCNC(=O)Cc2ccc(C(F)(F)F)cc2)c([N+](=O)[O-])cc1OC. The van der Waals surface area contributed by atoms with Crippen molar-refractivity contribution >= 4 is 11.6 Å². The van der Waals surface area contributed by atoms with Crippen LogP contribution in [0.25, 0.3) is 0 Å². The molecule has 10 heteroatoms. The summed E-state index contributed by atoms with van der Waals surface area (Å²) < 4.78 is 47.9. The molecule has 0 radical (unpaired) electrons. The van der Waals surface area contributed by atoms with Gasteiger partial charge < -0.3 is 14.8 Å². The van der Waals surface area contributed by atoms with E-state index < -0.39 is 22.6 Å². The third kappa shape index (κ3) is 5.84. The number of amides is 1. The highest BCUT2D eigenvalue weighted by molar-refractivity contribution is 5.78. The standard InChI is InChI=1S/C19H19F3N2O5/c1-28-16-10-13(15(24(26)27)11-17(16)29-2)7-8-23-18(25)9-12-3-5-14(6-4-12)19(20,21)22/h3-6,10-11H,7-9H2,1-2H3,(H,23,25). The Bertz CT molecular complexity index is 883. The average molecular weight is 412 g/mol. The van der Waals surface area contributed by atoms with Crippen molar-refractivity contribution in [2.45, 2.75) is 19.0 Å². The number of alkyl halides is 3. The third-order valence-electron chi connectivity index (χ3n) is 4.14. The fourth-order valence-electron chi connectivity index (χ4n) is 2.68. The van der Waals surface area contributed by atoms with E-state index in [1.807, 2.05) is 0 Å². The molecule has 0 saturated heterocycles. The summed E-state index contributed by atoms with van der Waals surface area (Å²) in [5.74, 6) is 0.131. The lowest BCUT2D eigenvalue weighted by atomic mass is 10.1. The molecule has 2 rings (SSSR count). The molecule has 0 aliphatic carbocycles. The minimum absolute atomic E-state index is 0.105. The molecule has 0 atom stereocenters. The van der Waals surface area contributed by atoms with E-state index in [9.17, 15) is 28.1 Å². The van der Waals surface area contributed by atoms with Gasteiger partial charge in [0.15, 0.2) is 11.5 Å². The summed E-state index contributed by atoms with van der Waals surface area (Å²) >= 11 is 0. The van der Waals surface area contributed by atoms with Crippen molar-refractivity contribution in [3.05, 3.63) is 63.2 Å². The summed E-state index contributed by atoms with van der Waals surface area (Å²) in [5.41, 5.74) is -0.183. The van der Waals surface area contributed by atoms with Crippen LogP contribution in [0.15, 0.2) is 36.4 Å². The van der Waals surface area contributed by atoms with Gasteiger partial charge in [-0.25, -0.2) is 0 Å². The van der Waals surface area contributed by atoms with Gasteiger partial charge in [0.05, 0.1) is 37.2 Å². The molecule has 0 aliphatic rings. The maximum Gasteiger partial charge on any atom is 0.416 e. The van der Waals surface area contributed by atoms with Crippen LogP contribution in [0.3, 0.4) is 0 Å². The lowest BCUT2D eigenvalue weighted by molar-refractivity contribution is -0.385. The summed E-state index contributed by atoms with van der Waals surface area (Å²) in [6.45, 7) is 0.107. The van der Waals surface area contributed by atoms with Gasteiger partial charge in [0.2, 0.25) is 5.91 Å². The van der Waals surface area contributed by atoms with Crippen LogP contribution in [0.4, 0.5) is 18.9 Å². The average Bonchev–Trinajstić information content (AvgIpc) is 2.67. The van der Waals surface area contributed by atoms with E-state index in [0.717, 1.165) is 12.1 Å². The number of methoxy groups -OCH3 is 2. The molecule has 1 N–H and O–H groups in total. The molecule has 1 amide bonds. The molecule has 2 aromatic carbocycles. The summed E-state index contributed by atoms with van der Waals surface area (Å²) in [7, 11) is 2.77. The summed E-state index contributed by atoms with van der Waals surface area (Å²) in [4.78, 5) is 22.7. The second-order valence-electron chi connectivity index (χ2n) is 6.06. The zero-order valence-electron chi connectivity index (χ0n) is 15.7. The number of rotatable bonds is 8. The van der Waals surface area contributed by atoms with Gasteiger partial charge in [0, 0.05) is 12.1 Å². The molecule has 7 nitrogen and oxygen atoms in total. The molecule has 0 saturated carbocycles. The fourth-order valence-corrected chi connectivity index (χ4v) is 2.68. The Morgan fingerprint density at radius 1 is 1.10 bits per heavy atom. The Morgan fingerprint density at radius 3 is 2.21 bits per heavy atom. The van der Waals surface area contributed by atoms with Crippen molar-refractivity contribution in [2.24, 2.45) is 0 Å². The van der Waals surface area contributed by atoms with Crippen molar-refractivity contribution in [2.75, 3.05) is 20.8 Å². The Kier molecular flexibility index (Phi) is 7.03. The number of halogens is 3. The first-order valence-corrected chi connectivity index (χ1v) is 8.47. The number of carbonyl (C=O) groups excluding carboxylic acids is 1. The van der Waals surface area contributed by atoms with Crippen LogP contribution >= 0.6 is 0 Å². The van der Waals surface area contributed by atoms with E-state index in [4.69, 9.17) is 9.47 Å². The number of carbonyl (C=O) groups is 1. The Morgan fingerprint density at radius 2 is 1.69 bits per heavy atom. The molecule has 0 bridgehead atoms. The number of benzene rings is 2. The van der Waals surface area contributed by atoms with Crippen molar-refractivity contribution in [3.63, 3.8) is 0 Å². The second kappa shape index (κ2) is 9.26. The lowest BCUT2D eigenvalue weighted by Crippen LogP contribution is -2.27. The highest BCUT2D eigenvalue weighted by Crippen LogP contribution is 2.34. The maximum atomic E-state index is 12.6. The van der Waals surface area contributed by atoms with Gasteiger partial charge in [-0.3, -0.25) is 14.9 Å². The molecular weight excluding hydrogens is 393 g/mol. The first-order valence-electron chi connectivity index (χ1n) is 8.47. The first-order chi connectivity index (χ1) is 13.7. The molecule has 29 heavy (non-hydrogen) atoms. The van der Waals surface area contributed by atoms with Gasteiger partial charge >= 0.3 is 6.18 Å². The van der Waals surface area contributed by atoms with Crippen LogP contribution in [0, 0.1) is 10.1 Å². The molecule has 0 heterocycles. The number of ether oxygens (including phenoxy) is 2. The van der Waals surface area contributed by atoms with Gasteiger partial charge in [0.25, 0.3) is 5.69 Å². The van der Waals surface area contributed by atoms with Crippen molar-refractivity contribution in [1.29, 1.82) is 0 Å². The molecule has 0 fully saturated rings. The summed E-state index contributed by atoms with van der Waals surface area (Å²) in [6, 6.07) is 7.02. The lowest BCUT2D eigenvalue weighted by Gasteiger charge is -2.11. The Balaban J connectivity index is 1.98. The zero-order valence-corrected chi connectivity index (χ0v) is 15.7. The number of hydrogen-bond acceptors (Lipinski definition) is 5. The van der Waals surface area contributed by atoms with Gasteiger partial charge in [-0.1, -0.05) is 12.1 Å². The van der Waals surface area contributed by atoms with E-state index >= 15 is 0 Å². The van der Waals surface area contributed by atoms with Crippen LogP contribution in [0.1, 0.15) is 16.7 Å². The molecule has 0 aromatic heterocycles. The smallest absolute Gasteiger partial charge is 0.416 e. The minimum atomic E-state index is -4.44. The Labute approximate surface area is 164 Å². The van der Waals surface area contributed by atoms with Crippen LogP contribution in [0.5, 0.6) is 11.5 Å². The number of hydrogen-bond donors (Lipinski definition) is 1. The maximum absolute atomic E-state index is 12.6. The van der Waals surface area contributed by atoms with Gasteiger partial charge in [-0.15, -0.1) is 0 Å². The van der Waals surface area contributed by atoms with Gasteiger partial charge in [-0.05, 0) is 30.2 Å². The quantitative estimate of drug-likeness (QED) is 0.529. The van der Waals surface area contributed by atoms with Crippen molar-refractivity contribution in [3.8, 4) is 11.5 Å². The molecule has 0 spiro atoms. The van der Waals surface area contributed by atoms with Crippen molar-refractivity contribution < 1.29 is 32.4 Å². The van der Waals surface area contributed by atoms with Crippen LogP contribution in [-0.4, -0.2) is 31.6 Å². The normalized spacial score (nSPS) is 11.1. The number of nitro benzene ring substituents is 1. The first kappa shape index (κ1) is 22.0. The fraction of sp³-hybridized carbons (Fsp3) is 0.316. The van der Waals surface area contributed by atoms with Crippen molar-refractivity contribution in [1.82, 2.24) is 5.32 Å². The second-order valence-corrected chi connectivity index (χ2v) is 6.06. The monoisotopic (exact) mass is 412 g/mol. The highest BCUT2D eigenvalue weighted by atomic mass is 19.4. The highest BCUT2D eigenvalue weighted by Gasteiger charge is 2.30. The minimum Gasteiger partial charge on any atom is -0.493 e. The molecule has 0 aliphatic heterocycles. The van der Waals surface area contributed by atoms with Gasteiger partial charge in [-0.2, -0.15) is 13.2 Å². The number of nitrogens with zero attached hydrogens (tertiary/aromatic N) is 1. The number of nitrogens with one attached hydrogen (secondary N) is 1. The van der Waals surface area contributed by atoms with Crippen LogP contribution in [0.2, 0.25) is 0 Å². The predicted molar refractivity (Wildman–Crippen MR) is 98.1 cm³/mol. The predicted octanol–water partition coefficient (Wildman–Crippen LogP) is 3.53. The van der Waals surface area contributed by atoms with E-state index in [2.05, 4.69) is 5.32 Å². The van der Waals surface area contributed by atoms with E-state index in [1.54, 1.807) is 0 Å². The largest absolute Gasteiger partial charge is 0.493 e. The molecule has 2 aromatic rings. The van der Waals surface area contributed by atoms with Gasteiger partial charge in [0.1, 0.15) is 0 Å². The van der Waals surface area contributed by atoms with E-state index in [0.29, 0.717) is 16.9 Å². The number of nitro groups is 1. The Hall–Kier alpha value is -3.30. The molecular formula is C19H19F3N2O5. The topological polar surface area (TPSA) is 90.7 Å².